The number of nitro groups is 2. The molecule has 0 aliphatic heterocycles. The fourth-order valence-electron chi connectivity index (χ4n) is 2.71. The zero-order chi connectivity index (χ0) is 19.6. The lowest BCUT2D eigenvalue weighted by molar-refractivity contribution is -0.384. The van der Waals surface area contributed by atoms with Crippen molar-refractivity contribution >= 4 is 40.4 Å². The summed E-state index contributed by atoms with van der Waals surface area (Å²) < 4.78 is 0. The summed E-state index contributed by atoms with van der Waals surface area (Å²) in [4.78, 5) is 33.7. The summed E-state index contributed by atoms with van der Waals surface area (Å²) in [5.74, 6) is -1.82. The zero-order valence-electron chi connectivity index (χ0n) is 13.8. The molecule has 0 aliphatic carbocycles. The van der Waals surface area contributed by atoms with Crippen molar-refractivity contribution in [3.8, 4) is 0 Å². The van der Waals surface area contributed by atoms with E-state index in [1.54, 1.807) is 26.0 Å². The lowest BCUT2D eigenvalue weighted by atomic mass is 9.85. The standard InChI is InChI=1S/C17H14Cl2N2O5/c1-9(11-5-3-7-13(15(11)18)20(23)24)17(22)10(2)12-6-4-8-14(16(12)19)21(25)26/h3-10H,1-2H3. The molecule has 26 heavy (non-hydrogen) atoms. The van der Waals surface area contributed by atoms with Crippen molar-refractivity contribution in [3.63, 3.8) is 0 Å². The van der Waals surface area contributed by atoms with Gasteiger partial charge in [-0.1, -0.05) is 61.3 Å². The van der Waals surface area contributed by atoms with E-state index in [9.17, 15) is 25.0 Å². The molecule has 0 aromatic heterocycles. The summed E-state index contributed by atoms with van der Waals surface area (Å²) in [5, 5.41) is 21.8. The third kappa shape index (κ3) is 3.68. The Morgan fingerprint density at radius 2 is 1.19 bits per heavy atom. The average Bonchev–Trinajstić information content (AvgIpc) is 2.59. The first-order valence-corrected chi connectivity index (χ1v) is 8.31. The van der Waals surface area contributed by atoms with Gasteiger partial charge in [0.1, 0.15) is 15.8 Å². The fourth-order valence-corrected chi connectivity index (χ4v) is 3.42. The van der Waals surface area contributed by atoms with Gasteiger partial charge in [0.25, 0.3) is 11.4 Å². The Morgan fingerprint density at radius 3 is 1.50 bits per heavy atom. The second kappa shape index (κ2) is 7.80. The van der Waals surface area contributed by atoms with Crippen molar-refractivity contribution in [2.24, 2.45) is 0 Å². The molecule has 0 bridgehead atoms. The summed E-state index contributed by atoms with van der Waals surface area (Å²) in [5.41, 5.74) is 0.0632. The highest BCUT2D eigenvalue weighted by atomic mass is 35.5. The van der Waals surface area contributed by atoms with Crippen molar-refractivity contribution in [2.45, 2.75) is 25.7 Å². The van der Waals surface area contributed by atoms with Crippen LogP contribution >= 0.6 is 23.2 Å². The number of nitrogens with zero attached hydrogens (tertiary/aromatic N) is 2. The van der Waals surface area contributed by atoms with Crippen LogP contribution in [0.2, 0.25) is 10.0 Å². The largest absolute Gasteiger partial charge is 0.298 e. The molecule has 0 saturated carbocycles. The number of carbonyl (C=O) groups is 1. The Labute approximate surface area is 158 Å². The number of halogens is 2. The van der Waals surface area contributed by atoms with Crippen LogP contribution in [0, 0.1) is 20.2 Å². The molecular weight excluding hydrogens is 383 g/mol. The van der Waals surface area contributed by atoms with E-state index in [-0.39, 0.29) is 27.2 Å². The number of carbonyl (C=O) groups excluding carboxylic acids is 1. The fraction of sp³-hybridized carbons (Fsp3) is 0.235. The predicted molar refractivity (Wildman–Crippen MR) is 98.0 cm³/mol. The van der Waals surface area contributed by atoms with Gasteiger partial charge in [-0.15, -0.1) is 0 Å². The van der Waals surface area contributed by atoms with Gasteiger partial charge in [0.15, 0.2) is 0 Å². The average molecular weight is 397 g/mol. The molecule has 9 heteroatoms. The van der Waals surface area contributed by atoms with Gasteiger partial charge in [0, 0.05) is 24.0 Å². The highest BCUT2D eigenvalue weighted by Crippen LogP contribution is 2.38. The molecule has 0 N–H and O–H groups in total. The Morgan fingerprint density at radius 1 is 0.846 bits per heavy atom. The third-order valence-electron chi connectivity index (χ3n) is 4.20. The summed E-state index contributed by atoms with van der Waals surface area (Å²) >= 11 is 12.2. The van der Waals surface area contributed by atoms with E-state index in [4.69, 9.17) is 23.2 Å². The van der Waals surface area contributed by atoms with Gasteiger partial charge in [-0.2, -0.15) is 0 Å². The number of Topliss-reactive ketones (excluding diaryl/α,β-unsaturated/α-hetero) is 1. The first-order valence-electron chi connectivity index (χ1n) is 7.56. The minimum atomic E-state index is -0.757. The van der Waals surface area contributed by atoms with Crippen LogP contribution < -0.4 is 0 Å². The van der Waals surface area contributed by atoms with Crippen molar-refractivity contribution in [3.05, 3.63) is 77.8 Å². The van der Waals surface area contributed by atoms with Crippen molar-refractivity contribution in [1.82, 2.24) is 0 Å². The second-order valence-corrected chi connectivity index (χ2v) is 6.48. The molecule has 0 amide bonds. The first kappa shape index (κ1) is 19.8. The zero-order valence-corrected chi connectivity index (χ0v) is 15.3. The molecule has 0 saturated heterocycles. The van der Waals surface area contributed by atoms with E-state index in [1.165, 1.54) is 24.3 Å². The third-order valence-corrected chi connectivity index (χ3v) is 5.02. The maximum absolute atomic E-state index is 12.9. The SMILES string of the molecule is CC(C(=O)C(C)c1cccc([N+](=O)[O-])c1Cl)c1cccc([N+](=O)[O-])c1Cl. The summed E-state index contributed by atoms with van der Waals surface area (Å²) in [6, 6.07) is 8.50. The van der Waals surface area contributed by atoms with Crippen LogP contribution in [-0.2, 0) is 4.79 Å². The molecule has 0 radical (unpaired) electrons. The summed E-state index contributed by atoms with van der Waals surface area (Å²) in [7, 11) is 0. The molecule has 2 rings (SSSR count). The quantitative estimate of drug-likeness (QED) is 0.487. The molecule has 0 aliphatic rings. The van der Waals surface area contributed by atoms with Gasteiger partial charge in [-0.3, -0.25) is 25.0 Å². The molecule has 7 nitrogen and oxygen atoms in total. The van der Waals surface area contributed by atoms with Gasteiger partial charge in [-0.25, -0.2) is 0 Å². The second-order valence-electron chi connectivity index (χ2n) is 5.72. The maximum Gasteiger partial charge on any atom is 0.288 e. The molecule has 0 heterocycles. The van der Waals surface area contributed by atoms with Crippen LogP contribution in [0.1, 0.15) is 36.8 Å². The van der Waals surface area contributed by atoms with Crippen molar-refractivity contribution in [2.75, 3.05) is 0 Å². The number of rotatable bonds is 6. The summed E-state index contributed by atoms with van der Waals surface area (Å²) in [6.45, 7) is 3.16. The smallest absolute Gasteiger partial charge is 0.288 e. The van der Waals surface area contributed by atoms with E-state index in [2.05, 4.69) is 0 Å². The first-order chi connectivity index (χ1) is 12.2. The maximum atomic E-state index is 12.9. The Balaban J connectivity index is 2.41. The molecule has 136 valence electrons. The van der Waals surface area contributed by atoms with E-state index < -0.39 is 21.7 Å². The number of ketones is 1. The normalized spacial score (nSPS) is 13.1. The highest BCUT2D eigenvalue weighted by molar-refractivity contribution is 6.34. The van der Waals surface area contributed by atoms with Gasteiger partial charge >= 0.3 is 0 Å². The van der Waals surface area contributed by atoms with Crippen LogP contribution in [0.5, 0.6) is 0 Å². The lowest BCUT2D eigenvalue weighted by Crippen LogP contribution is -2.17. The molecule has 0 spiro atoms. The van der Waals surface area contributed by atoms with E-state index in [0.29, 0.717) is 11.1 Å². The van der Waals surface area contributed by atoms with E-state index in [0.717, 1.165) is 0 Å². The lowest BCUT2D eigenvalue weighted by Gasteiger charge is -2.18. The molecule has 2 aromatic rings. The van der Waals surface area contributed by atoms with E-state index >= 15 is 0 Å². The van der Waals surface area contributed by atoms with Crippen LogP contribution in [-0.4, -0.2) is 15.6 Å². The molecule has 2 unspecified atom stereocenters. The van der Waals surface area contributed by atoms with Crippen LogP contribution in [0.3, 0.4) is 0 Å². The molecule has 2 atom stereocenters. The van der Waals surface area contributed by atoms with Gasteiger partial charge in [-0.05, 0) is 11.1 Å². The van der Waals surface area contributed by atoms with Crippen molar-refractivity contribution < 1.29 is 14.6 Å². The van der Waals surface area contributed by atoms with Crippen LogP contribution in [0.4, 0.5) is 11.4 Å². The Kier molecular flexibility index (Phi) is 5.94. The van der Waals surface area contributed by atoms with Gasteiger partial charge in [0.05, 0.1) is 9.85 Å². The monoisotopic (exact) mass is 396 g/mol. The number of hydrogen-bond acceptors (Lipinski definition) is 5. The molecular formula is C17H14Cl2N2O5. The number of hydrogen-bond donors (Lipinski definition) is 0. The van der Waals surface area contributed by atoms with E-state index in [1.807, 2.05) is 0 Å². The number of benzene rings is 2. The molecule has 2 aromatic carbocycles. The minimum absolute atomic E-state index is 0.101. The molecule has 0 fully saturated rings. The Bertz CT molecular complexity index is 829. The summed E-state index contributed by atoms with van der Waals surface area (Å²) in [6.07, 6.45) is 0. The van der Waals surface area contributed by atoms with Crippen molar-refractivity contribution in [1.29, 1.82) is 0 Å². The topological polar surface area (TPSA) is 103 Å². The number of nitro benzene ring substituents is 2. The van der Waals surface area contributed by atoms with Gasteiger partial charge in [0.2, 0.25) is 0 Å². The Hall–Kier alpha value is -2.51. The van der Waals surface area contributed by atoms with Gasteiger partial charge < -0.3 is 0 Å². The van der Waals surface area contributed by atoms with Crippen LogP contribution in [0.15, 0.2) is 36.4 Å². The highest BCUT2D eigenvalue weighted by Gasteiger charge is 2.29. The van der Waals surface area contributed by atoms with Crippen LogP contribution in [0.25, 0.3) is 0 Å². The minimum Gasteiger partial charge on any atom is -0.298 e. The predicted octanol–water partition coefficient (Wildman–Crippen LogP) is 5.29.